The third kappa shape index (κ3) is 5.80. The van der Waals surface area contributed by atoms with Gasteiger partial charge in [0.15, 0.2) is 0 Å². The first-order valence-corrected chi connectivity index (χ1v) is 10.9. The van der Waals surface area contributed by atoms with Gasteiger partial charge >= 0.3 is 0 Å². The van der Waals surface area contributed by atoms with Crippen molar-refractivity contribution in [1.82, 2.24) is 9.62 Å². The number of carbonyl (C=O) groups is 2. The zero-order valence-corrected chi connectivity index (χ0v) is 17.7. The summed E-state index contributed by atoms with van der Waals surface area (Å²) in [7, 11) is -4.08. The average molecular weight is 418 g/mol. The van der Waals surface area contributed by atoms with Crippen LogP contribution in [0.4, 0.5) is 5.69 Å². The maximum Gasteiger partial charge on any atom is 0.264 e. The molecule has 1 unspecified atom stereocenters. The summed E-state index contributed by atoms with van der Waals surface area (Å²) < 4.78 is 27.3. The summed E-state index contributed by atoms with van der Waals surface area (Å²) in [5.74, 6) is -2.43. The number of hydrogen-bond donors (Lipinski definition) is 2. The lowest BCUT2D eigenvalue weighted by Gasteiger charge is -2.24. The molecule has 0 fully saturated rings. The van der Waals surface area contributed by atoms with Gasteiger partial charge in [-0.2, -0.15) is 0 Å². The van der Waals surface area contributed by atoms with Crippen molar-refractivity contribution in [2.75, 3.05) is 18.8 Å². The molecule has 0 aliphatic heterocycles. The van der Waals surface area contributed by atoms with Gasteiger partial charge in [0.1, 0.15) is 5.92 Å². The van der Waals surface area contributed by atoms with Crippen molar-refractivity contribution >= 4 is 27.5 Å². The quantitative estimate of drug-likeness (QED) is 0.505. The minimum atomic E-state index is -4.08. The number of rotatable bonds is 8. The van der Waals surface area contributed by atoms with Crippen LogP contribution in [-0.4, -0.2) is 38.2 Å². The van der Waals surface area contributed by atoms with Crippen LogP contribution in [0.15, 0.2) is 53.4 Å². The molecule has 0 aliphatic rings. The highest BCUT2D eigenvalue weighted by Gasteiger charge is 2.32. The fourth-order valence-electron chi connectivity index (χ4n) is 2.92. The van der Waals surface area contributed by atoms with Crippen molar-refractivity contribution in [2.24, 2.45) is 5.92 Å². The lowest BCUT2D eigenvalue weighted by molar-refractivity contribution is -0.141. The fourth-order valence-corrected chi connectivity index (χ4v) is 3.94. The maximum atomic E-state index is 12.9. The zero-order valence-electron chi connectivity index (χ0n) is 16.9. The summed E-state index contributed by atoms with van der Waals surface area (Å²) in [6.07, 6.45) is 0.0743. The topological polar surface area (TPSA) is 110 Å². The molecule has 0 saturated carbocycles. The van der Waals surface area contributed by atoms with Crippen molar-refractivity contribution in [3.05, 3.63) is 59.7 Å². The van der Waals surface area contributed by atoms with Gasteiger partial charge in [0.05, 0.1) is 4.90 Å². The van der Waals surface area contributed by atoms with E-state index in [1.54, 1.807) is 36.4 Å². The number of anilines is 1. The molecule has 0 radical (unpaired) electrons. The Morgan fingerprint density at radius 2 is 1.55 bits per heavy atom. The number of amides is 2. The molecule has 0 bridgehead atoms. The second-order valence-corrected chi connectivity index (χ2v) is 8.47. The Balaban J connectivity index is 2.30. The summed E-state index contributed by atoms with van der Waals surface area (Å²) >= 11 is 0. The SMILES string of the molecule is CCN(CC)C(=O)C(Cc1ccc(N)cc1)C(=O)NS(=O)(=O)c1ccc(C)cc1. The van der Waals surface area contributed by atoms with Crippen molar-refractivity contribution in [2.45, 2.75) is 32.1 Å². The third-order valence-electron chi connectivity index (χ3n) is 4.68. The van der Waals surface area contributed by atoms with Crippen LogP contribution in [-0.2, 0) is 26.0 Å². The minimum absolute atomic E-state index is 0.0297. The van der Waals surface area contributed by atoms with E-state index in [1.165, 1.54) is 17.0 Å². The fraction of sp³-hybridized carbons (Fsp3) is 0.333. The van der Waals surface area contributed by atoms with Gasteiger partial charge in [-0.05, 0) is 57.0 Å². The van der Waals surface area contributed by atoms with Gasteiger partial charge in [0.25, 0.3) is 10.0 Å². The Hall–Kier alpha value is -2.87. The Labute approximate surface area is 172 Å². The predicted octanol–water partition coefficient (Wildman–Crippen LogP) is 2.11. The minimum Gasteiger partial charge on any atom is -0.399 e. The molecule has 0 spiro atoms. The molecular formula is C21H27N3O4S. The van der Waals surface area contributed by atoms with Crippen LogP contribution in [0.25, 0.3) is 0 Å². The molecule has 2 aromatic carbocycles. The molecule has 2 amide bonds. The van der Waals surface area contributed by atoms with Gasteiger partial charge in [0, 0.05) is 18.8 Å². The number of sulfonamides is 1. The van der Waals surface area contributed by atoms with Gasteiger partial charge < -0.3 is 10.6 Å². The number of aryl methyl sites for hydroxylation is 1. The standard InChI is InChI=1S/C21H27N3O4S/c1-4-24(5-2)21(26)19(14-16-8-10-17(22)11-9-16)20(25)23-29(27,28)18-12-6-15(3)7-13-18/h6-13,19H,4-5,14,22H2,1-3H3,(H,23,25). The molecule has 3 N–H and O–H groups in total. The van der Waals surface area contributed by atoms with Crippen LogP contribution in [0.3, 0.4) is 0 Å². The van der Waals surface area contributed by atoms with Gasteiger partial charge in [-0.1, -0.05) is 29.8 Å². The maximum absolute atomic E-state index is 12.9. The number of carbonyl (C=O) groups excluding carboxylic acids is 2. The molecule has 1 atom stereocenters. The van der Waals surface area contributed by atoms with E-state index < -0.39 is 27.8 Å². The average Bonchev–Trinajstić information content (AvgIpc) is 2.68. The van der Waals surface area contributed by atoms with E-state index in [9.17, 15) is 18.0 Å². The Morgan fingerprint density at radius 1 is 1.00 bits per heavy atom. The summed E-state index contributed by atoms with van der Waals surface area (Å²) in [4.78, 5) is 27.3. The summed E-state index contributed by atoms with van der Waals surface area (Å²) in [6.45, 7) is 6.29. The van der Waals surface area contributed by atoms with Crippen molar-refractivity contribution in [3.8, 4) is 0 Å². The predicted molar refractivity (Wildman–Crippen MR) is 112 cm³/mol. The van der Waals surface area contributed by atoms with Crippen molar-refractivity contribution in [3.63, 3.8) is 0 Å². The first-order valence-electron chi connectivity index (χ1n) is 9.44. The van der Waals surface area contributed by atoms with E-state index in [0.29, 0.717) is 24.3 Å². The highest BCUT2D eigenvalue weighted by atomic mass is 32.2. The number of hydrogen-bond acceptors (Lipinski definition) is 5. The second kappa shape index (κ2) is 9.56. The molecular weight excluding hydrogens is 390 g/mol. The number of nitrogen functional groups attached to an aromatic ring is 1. The van der Waals surface area contributed by atoms with E-state index in [-0.39, 0.29) is 11.3 Å². The van der Waals surface area contributed by atoms with Crippen LogP contribution < -0.4 is 10.5 Å². The van der Waals surface area contributed by atoms with Gasteiger partial charge in [0.2, 0.25) is 11.8 Å². The second-order valence-electron chi connectivity index (χ2n) is 6.79. The van der Waals surface area contributed by atoms with Gasteiger partial charge in [-0.25, -0.2) is 13.1 Å². The molecule has 8 heteroatoms. The smallest absolute Gasteiger partial charge is 0.264 e. The van der Waals surface area contributed by atoms with Crippen LogP contribution in [0, 0.1) is 12.8 Å². The summed E-state index contributed by atoms with van der Waals surface area (Å²) in [5, 5.41) is 0. The highest BCUT2D eigenvalue weighted by molar-refractivity contribution is 7.90. The summed E-state index contributed by atoms with van der Waals surface area (Å²) in [5.41, 5.74) is 7.87. The molecule has 0 heterocycles. The van der Waals surface area contributed by atoms with Crippen molar-refractivity contribution in [1.29, 1.82) is 0 Å². The number of benzene rings is 2. The molecule has 29 heavy (non-hydrogen) atoms. The lowest BCUT2D eigenvalue weighted by atomic mass is 9.97. The van der Waals surface area contributed by atoms with E-state index >= 15 is 0 Å². The number of nitrogens with one attached hydrogen (secondary N) is 1. The molecule has 2 aromatic rings. The molecule has 0 aliphatic carbocycles. The van der Waals surface area contributed by atoms with Crippen LogP contribution >= 0.6 is 0 Å². The van der Waals surface area contributed by atoms with Crippen molar-refractivity contribution < 1.29 is 18.0 Å². The van der Waals surface area contributed by atoms with Crippen LogP contribution in [0.1, 0.15) is 25.0 Å². The van der Waals surface area contributed by atoms with Gasteiger partial charge in [-0.15, -0.1) is 0 Å². The van der Waals surface area contributed by atoms with E-state index in [0.717, 1.165) is 5.56 Å². The van der Waals surface area contributed by atoms with E-state index in [4.69, 9.17) is 5.73 Å². The Kier molecular flexibility index (Phi) is 7.39. The van der Waals surface area contributed by atoms with E-state index in [2.05, 4.69) is 4.72 Å². The normalized spacial score (nSPS) is 12.2. The highest BCUT2D eigenvalue weighted by Crippen LogP contribution is 2.17. The monoisotopic (exact) mass is 417 g/mol. The first kappa shape index (κ1) is 22.4. The Morgan fingerprint density at radius 3 is 2.07 bits per heavy atom. The van der Waals surface area contributed by atoms with E-state index in [1.807, 2.05) is 20.8 Å². The molecule has 0 saturated heterocycles. The van der Waals surface area contributed by atoms with Gasteiger partial charge in [-0.3, -0.25) is 9.59 Å². The number of nitrogens with two attached hydrogens (primary N) is 1. The summed E-state index contributed by atoms with van der Waals surface area (Å²) in [6, 6.07) is 12.9. The molecule has 2 rings (SSSR count). The van der Waals surface area contributed by atoms with Crippen LogP contribution in [0.5, 0.6) is 0 Å². The van der Waals surface area contributed by atoms with Crippen LogP contribution in [0.2, 0.25) is 0 Å². The molecule has 0 aromatic heterocycles. The molecule has 7 nitrogen and oxygen atoms in total. The lowest BCUT2D eigenvalue weighted by Crippen LogP contribution is -2.46. The number of nitrogens with zero attached hydrogens (tertiary/aromatic N) is 1. The Bertz CT molecular complexity index is 950. The largest absolute Gasteiger partial charge is 0.399 e. The molecule has 156 valence electrons. The zero-order chi connectivity index (χ0) is 21.6. The first-order chi connectivity index (χ1) is 13.7. The third-order valence-corrected chi connectivity index (χ3v) is 6.04.